The molecule has 2 amide bonds. The van der Waals surface area contributed by atoms with Gasteiger partial charge in [0.05, 0.1) is 0 Å². The van der Waals surface area contributed by atoms with Gasteiger partial charge in [0.25, 0.3) is 0 Å². The number of amides is 2. The molecule has 0 aliphatic heterocycles. The molecule has 1 saturated carbocycles. The van der Waals surface area contributed by atoms with Crippen LogP contribution >= 0.6 is 0 Å². The highest BCUT2D eigenvalue weighted by Gasteiger charge is 2.44. The van der Waals surface area contributed by atoms with E-state index in [9.17, 15) is 4.79 Å². The Morgan fingerprint density at radius 2 is 2.30 bits per heavy atom. The van der Waals surface area contributed by atoms with E-state index >= 15 is 0 Å². The van der Waals surface area contributed by atoms with Crippen LogP contribution in [0.15, 0.2) is 4.52 Å². The molecule has 1 fully saturated rings. The van der Waals surface area contributed by atoms with E-state index in [1.807, 2.05) is 6.92 Å². The van der Waals surface area contributed by atoms with Crippen molar-refractivity contribution in [3.05, 3.63) is 11.7 Å². The molecule has 1 aliphatic carbocycles. The van der Waals surface area contributed by atoms with E-state index in [1.54, 1.807) is 6.92 Å². The van der Waals surface area contributed by atoms with Crippen molar-refractivity contribution < 1.29 is 14.4 Å². The third-order valence-corrected chi connectivity index (χ3v) is 3.69. The molecule has 112 valence electrons. The fourth-order valence-corrected chi connectivity index (χ4v) is 2.38. The van der Waals surface area contributed by atoms with Crippen molar-refractivity contribution >= 4 is 6.03 Å². The number of carbonyl (C=O) groups is 1. The second-order valence-corrected chi connectivity index (χ2v) is 5.44. The van der Waals surface area contributed by atoms with Crippen molar-refractivity contribution in [2.24, 2.45) is 0 Å². The summed E-state index contributed by atoms with van der Waals surface area (Å²) in [5.74, 6) is 1.06. The largest absolute Gasteiger partial charge is 0.396 e. The molecule has 1 aromatic heterocycles. The Labute approximate surface area is 118 Å². The number of rotatable bonds is 6. The maximum Gasteiger partial charge on any atom is 0.315 e. The molecule has 7 heteroatoms. The average Bonchev–Trinajstić information content (AvgIpc) is 2.78. The average molecular weight is 282 g/mol. The number of aliphatic hydroxyl groups excluding tert-OH is 1. The second kappa shape index (κ2) is 6.21. The minimum absolute atomic E-state index is 0.0197. The first-order chi connectivity index (χ1) is 9.55. The number of aromatic nitrogens is 2. The van der Waals surface area contributed by atoms with Gasteiger partial charge < -0.3 is 20.3 Å². The van der Waals surface area contributed by atoms with E-state index in [-0.39, 0.29) is 18.7 Å². The van der Waals surface area contributed by atoms with E-state index in [0.717, 1.165) is 25.7 Å². The van der Waals surface area contributed by atoms with Gasteiger partial charge in [-0.05, 0) is 39.0 Å². The van der Waals surface area contributed by atoms with Gasteiger partial charge in [-0.2, -0.15) is 4.98 Å². The van der Waals surface area contributed by atoms with Crippen molar-refractivity contribution in [3.63, 3.8) is 0 Å². The maximum absolute atomic E-state index is 12.0. The number of nitrogens with one attached hydrogen (secondary N) is 2. The van der Waals surface area contributed by atoms with Gasteiger partial charge in [0.15, 0.2) is 5.82 Å². The van der Waals surface area contributed by atoms with Gasteiger partial charge in [0.2, 0.25) is 5.89 Å². The molecular formula is C13H22N4O3. The summed E-state index contributed by atoms with van der Waals surface area (Å²) in [4.78, 5) is 16.3. The van der Waals surface area contributed by atoms with Gasteiger partial charge in [0, 0.05) is 19.6 Å². The third kappa shape index (κ3) is 3.27. The highest BCUT2D eigenvalue weighted by atomic mass is 16.5. The molecule has 1 atom stereocenters. The lowest BCUT2D eigenvalue weighted by atomic mass is 9.76. The fourth-order valence-electron chi connectivity index (χ4n) is 2.38. The molecule has 1 heterocycles. The second-order valence-electron chi connectivity index (χ2n) is 5.44. The summed E-state index contributed by atoms with van der Waals surface area (Å²) in [5, 5.41) is 18.5. The summed E-state index contributed by atoms with van der Waals surface area (Å²) < 4.78 is 5.00. The molecule has 0 radical (unpaired) electrons. The molecular weight excluding hydrogens is 260 g/mol. The Morgan fingerprint density at radius 1 is 1.55 bits per heavy atom. The molecule has 3 N–H and O–H groups in total. The van der Waals surface area contributed by atoms with E-state index < -0.39 is 5.54 Å². The van der Waals surface area contributed by atoms with Crippen LogP contribution in [0.2, 0.25) is 0 Å². The van der Waals surface area contributed by atoms with E-state index in [1.165, 1.54) is 0 Å². The van der Waals surface area contributed by atoms with Crippen molar-refractivity contribution in [1.82, 2.24) is 20.8 Å². The monoisotopic (exact) mass is 282 g/mol. The van der Waals surface area contributed by atoms with Gasteiger partial charge in [0.1, 0.15) is 5.54 Å². The van der Waals surface area contributed by atoms with Crippen molar-refractivity contribution in [3.8, 4) is 0 Å². The fraction of sp³-hybridized carbons (Fsp3) is 0.769. The number of aryl methyl sites for hydroxylation is 1. The molecule has 0 spiro atoms. The van der Waals surface area contributed by atoms with Gasteiger partial charge in [-0.25, -0.2) is 4.79 Å². The quantitative estimate of drug-likeness (QED) is 0.728. The highest BCUT2D eigenvalue weighted by Crippen LogP contribution is 2.39. The third-order valence-electron chi connectivity index (χ3n) is 3.69. The Morgan fingerprint density at radius 3 is 2.80 bits per heavy atom. The van der Waals surface area contributed by atoms with E-state index in [4.69, 9.17) is 9.63 Å². The van der Waals surface area contributed by atoms with Crippen LogP contribution < -0.4 is 10.6 Å². The lowest BCUT2D eigenvalue weighted by Gasteiger charge is -2.39. The Bertz CT molecular complexity index is 456. The first-order valence-corrected chi connectivity index (χ1v) is 7.06. The molecule has 0 bridgehead atoms. The molecule has 0 saturated heterocycles. The van der Waals surface area contributed by atoms with Crippen molar-refractivity contribution in [2.45, 2.75) is 57.5 Å². The molecule has 1 unspecified atom stereocenters. The topological polar surface area (TPSA) is 100 Å². The normalized spacial score (nSPS) is 18.1. The predicted octanol–water partition coefficient (Wildman–Crippen LogP) is 1.22. The van der Waals surface area contributed by atoms with Gasteiger partial charge in [-0.3, -0.25) is 0 Å². The zero-order chi connectivity index (χ0) is 14.6. The van der Waals surface area contributed by atoms with E-state index in [0.29, 0.717) is 18.1 Å². The number of hydrogen-bond acceptors (Lipinski definition) is 5. The highest BCUT2D eigenvalue weighted by molar-refractivity contribution is 5.75. The smallest absolute Gasteiger partial charge is 0.315 e. The number of urea groups is 1. The summed E-state index contributed by atoms with van der Waals surface area (Å²) in [6.45, 7) is 3.79. The lowest BCUT2D eigenvalue weighted by Crippen LogP contribution is -2.55. The number of hydrogen-bond donors (Lipinski definition) is 3. The minimum atomic E-state index is -0.488. The molecule has 2 rings (SSSR count). The summed E-state index contributed by atoms with van der Waals surface area (Å²) in [7, 11) is 0. The molecule has 1 aromatic rings. The van der Waals surface area contributed by atoms with Crippen LogP contribution in [0.1, 0.15) is 50.7 Å². The van der Waals surface area contributed by atoms with Crippen LogP contribution in [-0.4, -0.2) is 33.9 Å². The van der Waals surface area contributed by atoms with Crippen molar-refractivity contribution in [2.75, 3.05) is 6.61 Å². The zero-order valence-corrected chi connectivity index (χ0v) is 12.0. The molecule has 0 aromatic carbocycles. The summed E-state index contributed by atoms with van der Waals surface area (Å²) in [6.07, 6.45) is 4.11. The number of nitrogens with zero attached hydrogens (tertiary/aromatic N) is 2. The number of aliphatic hydroxyl groups is 1. The van der Waals surface area contributed by atoms with Crippen LogP contribution in [0.3, 0.4) is 0 Å². The first-order valence-electron chi connectivity index (χ1n) is 7.06. The Hall–Kier alpha value is -1.63. The molecule has 1 aliphatic rings. The first kappa shape index (κ1) is 14.8. The lowest BCUT2D eigenvalue weighted by molar-refractivity contribution is 0.163. The minimum Gasteiger partial charge on any atom is -0.396 e. The number of carbonyl (C=O) groups excluding carboxylic acids is 1. The summed E-state index contributed by atoms with van der Waals surface area (Å²) in [6, 6.07) is -0.205. The van der Waals surface area contributed by atoms with E-state index in [2.05, 4.69) is 20.8 Å². The predicted molar refractivity (Wildman–Crippen MR) is 72.0 cm³/mol. The maximum atomic E-state index is 12.0. The van der Waals surface area contributed by atoms with Gasteiger partial charge in [-0.1, -0.05) is 5.16 Å². The van der Waals surface area contributed by atoms with Crippen molar-refractivity contribution in [1.29, 1.82) is 0 Å². The van der Waals surface area contributed by atoms with Gasteiger partial charge in [-0.15, -0.1) is 0 Å². The van der Waals surface area contributed by atoms with Crippen LogP contribution in [0.4, 0.5) is 4.79 Å². The van der Waals surface area contributed by atoms with Gasteiger partial charge >= 0.3 is 6.03 Å². The standard InChI is InChI=1S/C13H22N4O3/c1-9(5-3-8-18)14-12(19)16-13(6-4-7-13)11-15-10(2)20-17-11/h9,18H,3-8H2,1-2H3,(H2,14,16,19). The SMILES string of the molecule is Cc1nc(C2(NC(=O)NC(C)CCCO)CCC2)no1. The Kier molecular flexibility index (Phi) is 4.59. The van der Waals surface area contributed by atoms with Crippen LogP contribution in [0.25, 0.3) is 0 Å². The molecule has 7 nitrogen and oxygen atoms in total. The summed E-state index contributed by atoms with van der Waals surface area (Å²) in [5.41, 5.74) is -0.488. The van der Waals surface area contributed by atoms with Crippen LogP contribution in [0, 0.1) is 6.92 Å². The zero-order valence-electron chi connectivity index (χ0n) is 12.0. The Balaban J connectivity index is 1.91. The van der Waals surface area contributed by atoms with Crippen LogP contribution in [0.5, 0.6) is 0 Å². The summed E-state index contributed by atoms with van der Waals surface area (Å²) >= 11 is 0. The molecule has 20 heavy (non-hydrogen) atoms. The van der Waals surface area contributed by atoms with Crippen LogP contribution in [-0.2, 0) is 5.54 Å².